The molecule has 0 aromatic heterocycles. The van der Waals surface area contributed by atoms with Gasteiger partial charge in [-0.1, -0.05) is 15.9 Å². The van der Waals surface area contributed by atoms with Gasteiger partial charge in [0, 0.05) is 17.1 Å². The van der Waals surface area contributed by atoms with E-state index in [-0.39, 0.29) is 0 Å². The maximum Gasteiger partial charge on any atom is 0.0917 e. The molecule has 0 unspecified atom stereocenters. The Morgan fingerprint density at radius 3 is 3.00 bits per heavy atom. The molecule has 0 atom stereocenters. The first-order chi connectivity index (χ1) is 6.83. The van der Waals surface area contributed by atoms with Crippen molar-refractivity contribution in [3.63, 3.8) is 0 Å². The Bertz CT molecular complexity index is 396. The molecule has 14 heavy (non-hydrogen) atoms. The molecule has 3 heteroatoms. The van der Waals surface area contributed by atoms with Crippen molar-refractivity contribution in [1.82, 2.24) is 4.90 Å². The summed E-state index contributed by atoms with van der Waals surface area (Å²) in [6.07, 6.45) is 4.65. The number of aliphatic imine (C=N–C) groups is 1. The van der Waals surface area contributed by atoms with Crippen LogP contribution in [0.4, 0.5) is 5.69 Å². The molecule has 0 spiro atoms. The van der Waals surface area contributed by atoms with Gasteiger partial charge >= 0.3 is 0 Å². The van der Waals surface area contributed by atoms with E-state index in [1.54, 1.807) is 0 Å². The Morgan fingerprint density at radius 2 is 2.21 bits per heavy atom. The van der Waals surface area contributed by atoms with Gasteiger partial charge in [-0.15, -0.1) is 0 Å². The third-order valence-corrected chi connectivity index (χ3v) is 3.25. The van der Waals surface area contributed by atoms with Gasteiger partial charge in [-0.3, -0.25) is 0 Å². The first-order valence-electron chi connectivity index (χ1n) is 4.91. The summed E-state index contributed by atoms with van der Waals surface area (Å²) in [6, 6.07) is 7.04. The molecule has 1 fully saturated rings. The largest absolute Gasteiger partial charge is 0.355 e. The lowest BCUT2D eigenvalue weighted by Gasteiger charge is -2.24. The smallest absolute Gasteiger partial charge is 0.0917 e. The minimum atomic E-state index is 0.755. The Balaban J connectivity index is 1.94. The van der Waals surface area contributed by atoms with Crippen LogP contribution in [0.1, 0.15) is 18.4 Å². The molecule has 3 rings (SSSR count). The molecular formula is C11H11BrN2. The van der Waals surface area contributed by atoms with Crippen LogP contribution in [0.3, 0.4) is 0 Å². The zero-order valence-electron chi connectivity index (χ0n) is 7.78. The number of nitrogens with zero attached hydrogens (tertiary/aromatic N) is 2. The number of rotatable bonds is 1. The highest BCUT2D eigenvalue weighted by Gasteiger charge is 2.29. The van der Waals surface area contributed by atoms with Crippen LogP contribution in [0.25, 0.3) is 0 Å². The van der Waals surface area contributed by atoms with Crippen LogP contribution >= 0.6 is 15.9 Å². The number of halogens is 1. The zero-order valence-corrected chi connectivity index (χ0v) is 9.37. The van der Waals surface area contributed by atoms with Gasteiger partial charge in [0.05, 0.1) is 12.0 Å². The first kappa shape index (κ1) is 8.48. The van der Waals surface area contributed by atoms with Crippen LogP contribution < -0.4 is 0 Å². The lowest BCUT2D eigenvalue weighted by atomic mass is 10.1. The molecule has 2 nitrogen and oxygen atoms in total. The summed E-state index contributed by atoms with van der Waals surface area (Å²) < 4.78 is 1.14. The second-order valence-electron chi connectivity index (χ2n) is 3.92. The van der Waals surface area contributed by atoms with E-state index in [0.29, 0.717) is 0 Å². The van der Waals surface area contributed by atoms with Gasteiger partial charge in [-0.2, -0.15) is 0 Å². The van der Waals surface area contributed by atoms with Gasteiger partial charge in [0.2, 0.25) is 0 Å². The zero-order chi connectivity index (χ0) is 9.54. The third-order valence-electron chi connectivity index (χ3n) is 2.76. The van der Waals surface area contributed by atoms with Gasteiger partial charge in [-0.25, -0.2) is 4.99 Å². The Kier molecular flexibility index (Phi) is 1.87. The molecule has 0 bridgehead atoms. The van der Waals surface area contributed by atoms with Crippen molar-refractivity contribution >= 4 is 28.0 Å². The molecule has 1 aromatic carbocycles. The summed E-state index contributed by atoms with van der Waals surface area (Å²) >= 11 is 3.49. The molecule has 2 aliphatic rings. The Morgan fingerprint density at radius 1 is 1.36 bits per heavy atom. The van der Waals surface area contributed by atoms with Crippen molar-refractivity contribution in [2.45, 2.75) is 25.4 Å². The topological polar surface area (TPSA) is 15.6 Å². The van der Waals surface area contributed by atoms with E-state index in [0.717, 1.165) is 22.7 Å². The monoisotopic (exact) mass is 250 g/mol. The summed E-state index contributed by atoms with van der Waals surface area (Å²) in [5.41, 5.74) is 2.44. The minimum absolute atomic E-state index is 0.755. The van der Waals surface area contributed by atoms with Crippen LogP contribution in [0.15, 0.2) is 27.7 Å². The number of benzene rings is 1. The highest BCUT2D eigenvalue weighted by atomic mass is 79.9. The molecule has 1 aliphatic heterocycles. The van der Waals surface area contributed by atoms with Crippen molar-refractivity contribution in [2.75, 3.05) is 0 Å². The van der Waals surface area contributed by atoms with Crippen LogP contribution in [0.5, 0.6) is 0 Å². The van der Waals surface area contributed by atoms with E-state index in [1.165, 1.54) is 18.4 Å². The number of hydrogen-bond donors (Lipinski definition) is 0. The van der Waals surface area contributed by atoms with E-state index in [4.69, 9.17) is 0 Å². The lowest BCUT2D eigenvalue weighted by molar-refractivity contribution is 0.410. The van der Waals surface area contributed by atoms with Gasteiger partial charge < -0.3 is 4.90 Å². The van der Waals surface area contributed by atoms with E-state index in [2.05, 4.69) is 38.0 Å². The van der Waals surface area contributed by atoms with Crippen molar-refractivity contribution in [3.8, 4) is 0 Å². The summed E-state index contributed by atoms with van der Waals surface area (Å²) in [7, 11) is 0. The highest BCUT2D eigenvalue weighted by molar-refractivity contribution is 9.10. The van der Waals surface area contributed by atoms with Gasteiger partial charge in [-0.05, 0) is 36.6 Å². The SMILES string of the molecule is Brc1ccc2c(c1)CN(C1CC1)C=N2. The molecule has 1 saturated carbocycles. The Hall–Kier alpha value is -0.830. The van der Waals surface area contributed by atoms with Crippen LogP contribution in [0, 0.1) is 0 Å². The van der Waals surface area contributed by atoms with Crippen molar-refractivity contribution in [3.05, 3.63) is 28.2 Å². The number of hydrogen-bond acceptors (Lipinski definition) is 2. The maximum absolute atomic E-state index is 4.46. The van der Waals surface area contributed by atoms with E-state index < -0.39 is 0 Å². The second-order valence-corrected chi connectivity index (χ2v) is 4.84. The molecule has 1 heterocycles. The standard InChI is InChI=1S/C11H11BrN2/c12-9-1-4-11-8(5-9)6-14(7-13-11)10-2-3-10/h1,4-5,7,10H,2-3,6H2. The molecule has 0 N–H and O–H groups in total. The summed E-state index contributed by atoms with van der Waals surface area (Å²) in [4.78, 5) is 6.80. The summed E-state index contributed by atoms with van der Waals surface area (Å²) in [5, 5.41) is 0. The van der Waals surface area contributed by atoms with Crippen molar-refractivity contribution < 1.29 is 0 Å². The van der Waals surface area contributed by atoms with Crippen molar-refractivity contribution in [2.24, 2.45) is 4.99 Å². The van der Waals surface area contributed by atoms with Gasteiger partial charge in [0.15, 0.2) is 0 Å². The molecule has 0 radical (unpaired) electrons. The molecule has 0 amide bonds. The quantitative estimate of drug-likeness (QED) is 0.748. The summed E-state index contributed by atoms with van der Waals surface area (Å²) in [6.45, 7) is 1.02. The fourth-order valence-corrected chi connectivity index (χ4v) is 2.22. The van der Waals surface area contributed by atoms with Crippen molar-refractivity contribution in [1.29, 1.82) is 0 Å². The first-order valence-corrected chi connectivity index (χ1v) is 5.70. The van der Waals surface area contributed by atoms with E-state index in [1.807, 2.05) is 12.4 Å². The van der Waals surface area contributed by atoms with Crippen LogP contribution in [0.2, 0.25) is 0 Å². The van der Waals surface area contributed by atoms with E-state index >= 15 is 0 Å². The molecule has 0 saturated heterocycles. The van der Waals surface area contributed by atoms with Crippen LogP contribution in [-0.4, -0.2) is 17.3 Å². The van der Waals surface area contributed by atoms with Gasteiger partial charge in [0.1, 0.15) is 0 Å². The second kappa shape index (κ2) is 3.09. The fraction of sp³-hybridized carbons (Fsp3) is 0.364. The minimum Gasteiger partial charge on any atom is -0.355 e. The molecular weight excluding hydrogens is 240 g/mol. The Labute approximate surface area is 91.8 Å². The normalized spacial score (nSPS) is 19.6. The highest BCUT2D eigenvalue weighted by Crippen LogP contribution is 2.33. The molecule has 1 aliphatic carbocycles. The van der Waals surface area contributed by atoms with E-state index in [9.17, 15) is 0 Å². The average Bonchev–Trinajstić information content (AvgIpc) is 3.00. The predicted molar refractivity (Wildman–Crippen MR) is 60.9 cm³/mol. The average molecular weight is 251 g/mol. The predicted octanol–water partition coefficient (Wildman–Crippen LogP) is 3.09. The molecule has 1 aromatic rings. The molecule has 72 valence electrons. The fourth-order valence-electron chi connectivity index (χ4n) is 1.81. The van der Waals surface area contributed by atoms with Gasteiger partial charge in [0.25, 0.3) is 0 Å². The lowest BCUT2D eigenvalue weighted by Crippen LogP contribution is -2.25. The number of fused-ring (bicyclic) bond motifs is 1. The summed E-state index contributed by atoms with van der Waals surface area (Å²) in [5.74, 6) is 0. The van der Waals surface area contributed by atoms with Crippen LogP contribution in [-0.2, 0) is 6.54 Å². The maximum atomic E-state index is 4.46. The third kappa shape index (κ3) is 1.46.